The van der Waals surface area contributed by atoms with Crippen molar-refractivity contribution in [3.05, 3.63) is 20.8 Å². The molecule has 152 valence electrons. The predicted molar refractivity (Wildman–Crippen MR) is 113 cm³/mol. The summed E-state index contributed by atoms with van der Waals surface area (Å²) in [4.78, 5) is 43.0. The fraction of sp³-hybridized carbons (Fsp3) is 0.579. The predicted octanol–water partition coefficient (Wildman–Crippen LogP) is 2.79. The molecule has 1 aliphatic rings. The Balaban J connectivity index is 1.90. The number of amides is 2. The first-order chi connectivity index (χ1) is 13.5. The lowest BCUT2D eigenvalue weighted by Gasteiger charge is -2.13. The minimum Gasteiger partial charge on any atom is -0.287 e. The molecule has 2 aromatic heterocycles. The van der Waals surface area contributed by atoms with E-state index < -0.39 is 0 Å². The fourth-order valence-electron chi connectivity index (χ4n) is 3.37. The monoisotopic (exact) mass is 422 g/mol. The van der Waals surface area contributed by atoms with Gasteiger partial charge in [-0.25, -0.2) is 4.98 Å². The molecule has 3 rings (SSSR count). The molecular formula is C19H26N4O3S2. The number of carbonyl (C=O) groups excluding carboxylic acids is 2. The van der Waals surface area contributed by atoms with Crippen molar-refractivity contribution in [2.24, 2.45) is 0 Å². The standard InChI is InChI=1S/C19H26N4O3S2/c1-3-4-7-10-23-18(26)16-13-8-5-6-9-14(13)28-17(16)20-19(23)27-11-15(25)22-21-12(2)24/h3-11H2,1-2H3,(H,21,24)(H,22,25). The second-order valence-corrected chi connectivity index (χ2v) is 8.99. The molecule has 7 nitrogen and oxygen atoms in total. The van der Waals surface area contributed by atoms with Gasteiger partial charge in [-0.15, -0.1) is 11.3 Å². The molecular weight excluding hydrogens is 396 g/mol. The van der Waals surface area contributed by atoms with Crippen LogP contribution in [0.2, 0.25) is 0 Å². The first kappa shape index (κ1) is 20.9. The molecule has 28 heavy (non-hydrogen) atoms. The van der Waals surface area contributed by atoms with Crippen LogP contribution in [0.5, 0.6) is 0 Å². The Morgan fingerprint density at radius 1 is 1.21 bits per heavy atom. The summed E-state index contributed by atoms with van der Waals surface area (Å²) >= 11 is 2.85. The van der Waals surface area contributed by atoms with Crippen LogP contribution in [-0.4, -0.2) is 27.1 Å². The Morgan fingerprint density at radius 2 is 2.00 bits per heavy atom. The molecule has 0 aliphatic heterocycles. The number of aromatic nitrogens is 2. The molecule has 0 radical (unpaired) electrons. The molecule has 2 N–H and O–H groups in total. The minimum atomic E-state index is -0.335. The molecule has 0 fully saturated rings. The van der Waals surface area contributed by atoms with Gasteiger partial charge in [0.05, 0.1) is 11.1 Å². The van der Waals surface area contributed by atoms with Gasteiger partial charge >= 0.3 is 0 Å². The van der Waals surface area contributed by atoms with E-state index in [9.17, 15) is 14.4 Å². The van der Waals surface area contributed by atoms with Crippen molar-refractivity contribution in [2.45, 2.75) is 70.5 Å². The number of nitrogens with zero attached hydrogens (tertiary/aromatic N) is 2. The van der Waals surface area contributed by atoms with Gasteiger partial charge in [0.1, 0.15) is 4.83 Å². The first-order valence-corrected chi connectivity index (χ1v) is 11.5. The van der Waals surface area contributed by atoms with Gasteiger partial charge in [-0.1, -0.05) is 31.5 Å². The number of carbonyl (C=O) groups is 2. The average Bonchev–Trinajstić information content (AvgIpc) is 3.05. The van der Waals surface area contributed by atoms with E-state index in [1.807, 2.05) is 0 Å². The van der Waals surface area contributed by atoms with E-state index in [1.165, 1.54) is 29.1 Å². The normalized spacial score (nSPS) is 13.4. The van der Waals surface area contributed by atoms with Crippen molar-refractivity contribution >= 4 is 45.1 Å². The van der Waals surface area contributed by atoms with E-state index in [0.717, 1.165) is 55.2 Å². The van der Waals surface area contributed by atoms with Crippen molar-refractivity contribution in [1.29, 1.82) is 0 Å². The summed E-state index contributed by atoms with van der Waals surface area (Å²) in [5.74, 6) is -0.587. The average molecular weight is 423 g/mol. The molecule has 0 spiro atoms. The number of fused-ring (bicyclic) bond motifs is 3. The van der Waals surface area contributed by atoms with Crippen LogP contribution in [0.4, 0.5) is 0 Å². The quantitative estimate of drug-likeness (QED) is 0.310. The molecule has 9 heteroatoms. The second kappa shape index (κ2) is 9.56. The summed E-state index contributed by atoms with van der Waals surface area (Å²) in [6.07, 6.45) is 7.27. The van der Waals surface area contributed by atoms with Gasteiger partial charge in [0.2, 0.25) is 11.8 Å². The van der Waals surface area contributed by atoms with Crippen molar-refractivity contribution < 1.29 is 9.59 Å². The van der Waals surface area contributed by atoms with Crippen LogP contribution in [-0.2, 0) is 29.0 Å². The number of hydrogen-bond donors (Lipinski definition) is 2. The first-order valence-electron chi connectivity index (χ1n) is 9.74. The minimum absolute atomic E-state index is 0.0188. The van der Waals surface area contributed by atoms with Crippen molar-refractivity contribution in [3.8, 4) is 0 Å². The number of thiophene rings is 1. The lowest BCUT2D eigenvalue weighted by molar-refractivity contribution is -0.126. The molecule has 0 saturated heterocycles. The summed E-state index contributed by atoms with van der Waals surface area (Å²) in [6, 6.07) is 0. The highest BCUT2D eigenvalue weighted by Crippen LogP contribution is 2.34. The van der Waals surface area contributed by atoms with Gasteiger partial charge in [0.25, 0.3) is 5.56 Å². The highest BCUT2D eigenvalue weighted by Gasteiger charge is 2.22. The molecule has 2 amide bonds. The molecule has 2 heterocycles. The van der Waals surface area contributed by atoms with Crippen LogP contribution in [0.25, 0.3) is 10.2 Å². The van der Waals surface area contributed by atoms with E-state index >= 15 is 0 Å². The zero-order valence-corrected chi connectivity index (χ0v) is 17.9. The summed E-state index contributed by atoms with van der Waals surface area (Å²) < 4.78 is 1.73. The number of rotatable bonds is 7. The van der Waals surface area contributed by atoms with E-state index in [2.05, 4.69) is 17.8 Å². The zero-order valence-electron chi connectivity index (χ0n) is 16.3. The van der Waals surface area contributed by atoms with Gasteiger partial charge in [-0.2, -0.15) is 0 Å². The van der Waals surface area contributed by atoms with Crippen LogP contribution in [0.15, 0.2) is 9.95 Å². The lowest BCUT2D eigenvalue weighted by Crippen LogP contribution is -2.41. The number of nitrogens with one attached hydrogen (secondary N) is 2. The maximum atomic E-state index is 13.3. The van der Waals surface area contributed by atoms with Crippen LogP contribution >= 0.6 is 23.1 Å². The van der Waals surface area contributed by atoms with Gasteiger partial charge in [-0.05, 0) is 37.7 Å². The van der Waals surface area contributed by atoms with Crippen molar-refractivity contribution in [3.63, 3.8) is 0 Å². The SMILES string of the molecule is CCCCCn1c(SCC(=O)NNC(C)=O)nc2sc3c(c2c1=O)CCCC3. The number of thioether (sulfide) groups is 1. The third-order valence-electron chi connectivity index (χ3n) is 4.74. The summed E-state index contributed by atoms with van der Waals surface area (Å²) in [7, 11) is 0. The van der Waals surface area contributed by atoms with Gasteiger partial charge in [0, 0.05) is 18.3 Å². The molecule has 1 aliphatic carbocycles. The van der Waals surface area contributed by atoms with Gasteiger partial charge < -0.3 is 0 Å². The van der Waals surface area contributed by atoms with Crippen molar-refractivity contribution in [2.75, 3.05) is 5.75 Å². The molecule has 0 atom stereocenters. The molecule has 0 saturated carbocycles. The van der Waals surface area contributed by atoms with E-state index in [-0.39, 0.29) is 23.1 Å². The van der Waals surface area contributed by atoms with E-state index in [1.54, 1.807) is 15.9 Å². The van der Waals surface area contributed by atoms with Crippen molar-refractivity contribution in [1.82, 2.24) is 20.4 Å². The third-order valence-corrected chi connectivity index (χ3v) is 6.90. The van der Waals surface area contributed by atoms with Crippen LogP contribution in [0.3, 0.4) is 0 Å². The number of unbranched alkanes of at least 4 members (excludes halogenated alkanes) is 2. The number of hydrogen-bond acceptors (Lipinski definition) is 6. The maximum absolute atomic E-state index is 13.3. The summed E-state index contributed by atoms with van der Waals surface area (Å²) in [5.41, 5.74) is 5.82. The van der Waals surface area contributed by atoms with Crippen LogP contribution < -0.4 is 16.4 Å². The van der Waals surface area contributed by atoms with E-state index in [4.69, 9.17) is 4.98 Å². The molecule has 0 aromatic carbocycles. The van der Waals surface area contributed by atoms with Crippen LogP contribution in [0, 0.1) is 0 Å². The summed E-state index contributed by atoms with van der Waals surface area (Å²) in [5, 5.41) is 1.36. The summed E-state index contributed by atoms with van der Waals surface area (Å²) in [6.45, 7) is 4.06. The lowest BCUT2D eigenvalue weighted by atomic mass is 9.97. The second-order valence-electron chi connectivity index (χ2n) is 6.97. The third kappa shape index (κ3) is 4.75. The molecule has 0 unspecified atom stereocenters. The Hall–Kier alpha value is -1.87. The highest BCUT2D eigenvalue weighted by molar-refractivity contribution is 7.99. The molecule has 0 bridgehead atoms. The maximum Gasteiger partial charge on any atom is 0.263 e. The smallest absolute Gasteiger partial charge is 0.263 e. The topological polar surface area (TPSA) is 93.1 Å². The Bertz CT molecular complexity index is 935. The zero-order chi connectivity index (χ0) is 20.1. The highest BCUT2D eigenvalue weighted by atomic mass is 32.2. The van der Waals surface area contributed by atoms with Gasteiger partial charge in [0.15, 0.2) is 5.16 Å². The molecule has 2 aromatic rings. The Kier molecular flexibility index (Phi) is 7.12. The Morgan fingerprint density at radius 3 is 2.75 bits per heavy atom. The largest absolute Gasteiger partial charge is 0.287 e. The van der Waals surface area contributed by atoms with Crippen LogP contribution in [0.1, 0.15) is 56.4 Å². The Labute approximate surface area is 172 Å². The van der Waals surface area contributed by atoms with Gasteiger partial charge in [-0.3, -0.25) is 29.8 Å². The number of aryl methyl sites for hydroxylation is 2. The van der Waals surface area contributed by atoms with E-state index in [0.29, 0.717) is 11.7 Å². The fourth-order valence-corrected chi connectivity index (χ4v) is 5.50. The number of hydrazine groups is 1.